The summed E-state index contributed by atoms with van der Waals surface area (Å²) in [6.45, 7) is 4.71. The Morgan fingerprint density at radius 3 is 2.70 bits per heavy atom. The summed E-state index contributed by atoms with van der Waals surface area (Å²) >= 11 is 5.94. The van der Waals surface area contributed by atoms with Crippen molar-refractivity contribution in [3.8, 4) is 0 Å². The van der Waals surface area contributed by atoms with Crippen LogP contribution < -0.4 is 0 Å². The highest BCUT2D eigenvalue weighted by Crippen LogP contribution is 2.47. The quantitative estimate of drug-likeness (QED) is 0.926. The van der Waals surface area contributed by atoms with Gasteiger partial charge in [-0.15, -0.1) is 0 Å². The molecule has 1 fully saturated rings. The molecule has 1 aliphatic carbocycles. The third-order valence-corrected chi connectivity index (χ3v) is 5.23. The van der Waals surface area contributed by atoms with Gasteiger partial charge in [0, 0.05) is 5.02 Å². The van der Waals surface area contributed by atoms with E-state index in [1.165, 1.54) is 11.9 Å². The summed E-state index contributed by atoms with van der Waals surface area (Å²) in [5.41, 5.74) is 1.37. The first kappa shape index (κ1) is 16.2. The van der Waals surface area contributed by atoms with Crippen molar-refractivity contribution in [3.63, 3.8) is 0 Å². The average Bonchev–Trinajstić information content (AvgIpc) is 2.98. The van der Waals surface area contributed by atoms with Crippen LogP contribution in [0.4, 0.5) is 0 Å². The number of hydrogen-bond donors (Lipinski definition) is 1. The largest absolute Gasteiger partial charge is 0.387 e. The van der Waals surface area contributed by atoms with E-state index in [2.05, 4.69) is 30.0 Å². The van der Waals surface area contributed by atoms with Gasteiger partial charge in [-0.3, -0.25) is 4.68 Å². The van der Waals surface area contributed by atoms with Crippen LogP contribution in [0.1, 0.15) is 38.7 Å². The van der Waals surface area contributed by atoms with Crippen LogP contribution in [0.3, 0.4) is 0 Å². The zero-order chi connectivity index (χ0) is 16.5. The summed E-state index contributed by atoms with van der Waals surface area (Å²) in [7, 11) is 0. The maximum atomic E-state index is 11.3. The van der Waals surface area contributed by atoms with Crippen LogP contribution in [-0.2, 0) is 6.54 Å². The van der Waals surface area contributed by atoms with E-state index in [-0.39, 0.29) is 5.41 Å². The van der Waals surface area contributed by atoms with E-state index >= 15 is 0 Å². The summed E-state index contributed by atoms with van der Waals surface area (Å²) < 4.78 is 1.72. The lowest BCUT2D eigenvalue weighted by Gasteiger charge is -2.47. The first-order valence-corrected chi connectivity index (χ1v) is 8.26. The van der Waals surface area contributed by atoms with Gasteiger partial charge in [0.25, 0.3) is 0 Å². The normalized spacial score (nSPS) is 25.7. The maximum absolute atomic E-state index is 11.3. The van der Waals surface area contributed by atoms with Crippen molar-refractivity contribution in [1.82, 2.24) is 14.8 Å². The topological polar surface area (TPSA) is 50.9 Å². The van der Waals surface area contributed by atoms with Gasteiger partial charge in [-0.25, -0.2) is 4.98 Å². The molecule has 122 valence electrons. The van der Waals surface area contributed by atoms with Gasteiger partial charge >= 0.3 is 0 Å². The van der Waals surface area contributed by atoms with Crippen LogP contribution in [0.15, 0.2) is 42.5 Å². The third kappa shape index (κ3) is 3.48. The molecule has 3 rings (SSSR count). The highest BCUT2D eigenvalue weighted by atomic mass is 35.5. The van der Waals surface area contributed by atoms with Crippen LogP contribution in [-0.4, -0.2) is 25.5 Å². The van der Waals surface area contributed by atoms with Crippen molar-refractivity contribution in [2.24, 2.45) is 5.41 Å². The number of benzene rings is 1. The minimum absolute atomic E-state index is 0.170. The Morgan fingerprint density at radius 1 is 1.30 bits per heavy atom. The molecule has 0 amide bonds. The summed E-state index contributed by atoms with van der Waals surface area (Å²) in [6.07, 6.45) is 7.90. The molecule has 0 radical (unpaired) electrons. The lowest BCUT2D eigenvalue weighted by molar-refractivity contribution is -0.0963. The van der Waals surface area contributed by atoms with Crippen molar-refractivity contribution in [2.75, 3.05) is 0 Å². The Balaban J connectivity index is 1.84. The molecule has 4 nitrogen and oxygen atoms in total. The molecule has 2 aromatic rings. The lowest BCUT2D eigenvalue weighted by Crippen LogP contribution is -2.50. The van der Waals surface area contributed by atoms with Gasteiger partial charge in [0.05, 0.1) is 12.1 Å². The fourth-order valence-corrected chi connectivity index (χ4v) is 3.31. The highest BCUT2D eigenvalue weighted by Gasteiger charge is 2.47. The van der Waals surface area contributed by atoms with Gasteiger partial charge in [-0.05, 0) is 42.4 Å². The number of rotatable bonds is 3. The van der Waals surface area contributed by atoms with Crippen molar-refractivity contribution in [3.05, 3.63) is 53.1 Å². The van der Waals surface area contributed by atoms with Crippen LogP contribution in [0.5, 0.6) is 0 Å². The van der Waals surface area contributed by atoms with E-state index in [9.17, 15) is 5.11 Å². The zero-order valence-electron chi connectivity index (χ0n) is 13.5. The fourth-order valence-electron chi connectivity index (χ4n) is 3.18. The van der Waals surface area contributed by atoms with Gasteiger partial charge in [0.2, 0.25) is 0 Å². The Bertz CT molecular complexity index is 692. The lowest BCUT2D eigenvalue weighted by atomic mass is 9.63. The summed E-state index contributed by atoms with van der Waals surface area (Å²) in [6, 6.07) is 7.79. The number of nitrogens with zero attached hydrogens (tertiary/aromatic N) is 3. The molecule has 1 heterocycles. The first-order valence-electron chi connectivity index (χ1n) is 7.88. The molecule has 1 aliphatic rings. The van der Waals surface area contributed by atoms with E-state index in [4.69, 9.17) is 11.6 Å². The molecule has 0 aliphatic heterocycles. The minimum atomic E-state index is -0.836. The molecular formula is C18H22ClN3O. The summed E-state index contributed by atoms with van der Waals surface area (Å²) in [5, 5.41) is 16.2. The van der Waals surface area contributed by atoms with Crippen molar-refractivity contribution < 1.29 is 5.11 Å². The molecule has 0 saturated heterocycles. The van der Waals surface area contributed by atoms with Crippen LogP contribution in [0.2, 0.25) is 5.02 Å². The van der Waals surface area contributed by atoms with Gasteiger partial charge in [-0.1, -0.05) is 49.2 Å². The van der Waals surface area contributed by atoms with Crippen molar-refractivity contribution >= 4 is 17.7 Å². The molecule has 1 aromatic heterocycles. The second kappa shape index (κ2) is 6.10. The van der Waals surface area contributed by atoms with Crippen LogP contribution in [0, 0.1) is 5.41 Å². The fraction of sp³-hybridized carbons (Fsp3) is 0.444. The van der Waals surface area contributed by atoms with Crippen molar-refractivity contribution in [2.45, 2.75) is 45.3 Å². The number of hydrogen-bond acceptors (Lipinski definition) is 3. The van der Waals surface area contributed by atoms with E-state index in [0.29, 0.717) is 13.0 Å². The molecule has 0 spiro atoms. The van der Waals surface area contributed by atoms with Crippen LogP contribution in [0.25, 0.3) is 6.08 Å². The average molecular weight is 332 g/mol. The van der Waals surface area contributed by atoms with E-state index in [1.807, 2.05) is 24.3 Å². The van der Waals surface area contributed by atoms with Gasteiger partial charge in [0.15, 0.2) is 0 Å². The van der Waals surface area contributed by atoms with E-state index in [1.54, 1.807) is 11.0 Å². The predicted octanol–water partition coefficient (Wildman–Crippen LogP) is 3.96. The van der Waals surface area contributed by atoms with Crippen LogP contribution >= 0.6 is 11.6 Å². The number of aromatic nitrogens is 3. The zero-order valence-corrected chi connectivity index (χ0v) is 14.3. The molecule has 23 heavy (non-hydrogen) atoms. The molecule has 1 N–H and O–H groups in total. The Kier molecular flexibility index (Phi) is 4.30. The Labute approximate surface area is 141 Å². The molecule has 1 saturated carbocycles. The molecule has 1 aromatic carbocycles. The monoisotopic (exact) mass is 331 g/mol. The SMILES string of the molecule is CC1(C)CC/C(=C\c2ccc(Cl)cc2)CC1(O)Cn1cncn1. The molecule has 0 bridgehead atoms. The van der Waals surface area contributed by atoms with Crippen molar-refractivity contribution in [1.29, 1.82) is 0 Å². The van der Waals surface area contributed by atoms with E-state index in [0.717, 1.165) is 23.4 Å². The summed E-state index contributed by atoms with van der Waals surface area (Å²) in [4.78, 5) is 3.98. The highest BCUT2D eigenvalue weighted by molar-refractivity contribution is 6.30. The Morgan fingerprint density at radius 2 is 2.04 bits per heavy atom. The molecular weight excluding hydrogens is 310 g/mol. The standard InChI is InChI=1S/C18H22ClN3O/c1-17(2)8-7-15(9-14-3-5-16(19)6-4-14)10-18(17,23)11-22-13-20-12-21-22/h3-6,9,12-13,23H,7-8,10-11H2,1-2H3/b15-9+. The molecule has 5 heteroatoms. The molecule has 1 atom stereocenters. The number of aliphatic hydroxyl groups is 1. The third-order valence-electron chi connectivity index (χ3n) is 4.98. The second-order valence-corrected chi connectivity index (χ2v) is 7.48. The Hall–Kier alpha value is -1.65. The maximum Gasteiger partial charge on any atom is 0.137 e. The first-order chi connectivity index (χ1) is 10.9. The second-order valence-electron chi connectivity index (χ2n) is 7.04. The minimum Gasteiger partial charge on any atom is -0.387 e. The predicted molar refractivity (Wildman–Crippen MR) is 92.0 cm³/mol. The smallest absolute Gasteiger partial charge is 0.137 e. The molecule has 1 unspecified atom stereocenters. The van der Waals surface area contributed by atoms with Gasteiger partial charge < -0.3 is 5.11 Å². The van der Waals surface area contributed by atoms with E-state index < -0.39 is 5.60 Å². The van der Waals surface area contributed by atoms with Gasteiger partial charge in [0.1, 0.15) is 12.7 Å². The van der Waals surface area contributed by atoms with Gasteiger partial charge in [-0.2, -0.15) is 5.10 Å². The summed E-state index contributed by atoms with van der Waals surface area (Å²) in [5.74, 6) is 0. The number of halogens is 1.